The van der Waals surface area contributed by atoms with E-state index < -0.39 is 0 Å². The summed E-state index contributed by atoms with van der Waals surface area (Å²) in [6, 6.07) is 1.01. The Morgan fingerprint density at radius 3 is 2.69 bits per heavy atom. The van der Waals surface area contributed by atoms with Crippen LogP contribution in [0.4, 0.5) is 0 Å². The van der Waals surface area contributed by atoms with Crippen LogP contribution in [-0.4, -0.2) is 27.1 Å². The molecular formula is C6H12ClN3O3. The normalized spacial score (nSPS) is 8.38. The molecule has 0 saturated heterocycles. The van der Waals surface area contributed by atoms with Gasteiger partial charge in [-0.2, -0.15) is 0 Å². The molecule has 7 heteroatoms. The Bertz CT molecular complexity index is 301. The minimum absolute atomic E-state index is 0. The van der Waals surface area contributed by atoms with Crippen molar-refractivity contribution in [3.8, 4) is 5.88 Å². The van der Waals surface area contributed by atoms with Crippen LogP contribution in [0.3, 0.4) is 0 Å². The van der Waals surface area contributed by atoms with Crippen LogP contribution < -0.4 is 11.3 Å². The number of H-pyrrole nitrogens is 1. The minimum Gasteiger partial charge on any atom is -0.493 e. The summed E-state index contributed by atoms with van der Waals surface area (Å²) in [6.45, 7) is 0.395. The molecule has 0 saturated carbocycles. The smallest absolute Gasteiger partial charge is 0.254 e. The number of hydrogen-bond acceptors (Lipinski definition) is 4. The number of nitrogens with two attached hydrogens (primary N) is 1. The molecule has 0 radical (unpaired) electrons. The number of aromatic hydroxyl groups is 1. The second kappa shape index (κ2) is 6.41. The van der Waals surface area contributed by atoms with Gasteiger partial charge in [0.05, 0.1) is 6.07 Å². The van der Waals surface area contributed by atoms with Crippen LogP contribution in [0.25, 0.3) is 0 Å². The molecule has 0 fully saturated rings. The highest BCUT2D eigenvalue weighted by Crippen LogP contribution is 1.97. The van der Waals surface area contributed by atoms with Gasteiger partial charge in [0.15, 0.2) is 0 Å². The molecule has 0 bridgehead atoms. The van der Waals surface area contributed by atoms with E-state index in [2.05, 4.69) is 9.97 Å². The highest BCUT2D eigenvalue weighted by atomic mass is 35.5. The van der Waals surface area contributed by atoms with E-state index >= 15 is 0 Å². The largest absolute Gasteiger partial charge is 0.493 e. The number of aromatic nitrogens is 2. The molecule has 0 aliphatic carbocycles. The van der Waals surface area contributed by atoms with Crippen LogP contribution in [0.15, 0.2) is 10.9 Å². The third kappa shape index (κ3) is 4.46. The number of aromatic amines is 1. The van der Waals surface area contributed by atoms with E-state index in [9.17, 15) is 4.79 Å². The molecule has 6 nitrogen and oxygen atoms in total. The number of hydrogen-bond donors (Lipinski definition) is 3. The van der Waals surface area contributed by atoms with Crippen molar-refractivity contribution in [2.24, 2.45) is 5.73 Å². The number of halogens is 1. The van der Waals surface area contributed by atoms with Gasteiger partial charge in [0, 0.05) is 6.42 Å². The maximum Gasteiger partial charge on any atom is 0.254 e. The third-order valence-electron chi connectivity index (χ3n) is 1.16. The van der Waals surface area contributed by atoms with Gasteiger partial charge in [-0.25, -0.2) is 4.98 Å². The lowest BCUT2D eigenvalue weighted by molar-refractivity contribution is 0.447. The molecule has 0 amide bonds. The van der Waals surface area contributed by atoms with Gasteiger partial charge in [0.2, 0.25) is 5.88 Å². The molecule has 0 atom stereocenters. The van der Waals surface area contributed by atoms with Crippen molar-refractivity contribution < 1.29 is 10.6 Å². The topological polar surface area (TPSA) is 124 Å². The maximum atomic E-state index is 10.7. The van der Waals surface area contributed by atoms with Crippen LogP contribution in [0.5, 0.6) is 5.88 Å². The van der Waals surface area contributed by atoms with E-state index in [0.717, 1.165) is 6.07 Å². The van der Waals surface area contributed by atoms with E-state index in [0.29, 0.717) is 18.8 Å². The van der Waals surface area contributed by atoms with Crippen molar-refractivity contribution in [1.29, 1.82) is 0 Å². The van der Waals surface area contributed by atoms with E-state index in [1.165, 1.54) is 0 Å². The molecule has 1 aromatic heterocycles. The van der Waals surface area contributed by atoms with E-state index in [1.54, 1.807) is 0 Å². The monoisotopic (exact) mass is 209 g/mol. The molecule has 1 aromatic rings. The molecular weight excluding hydrogens is 198 g/mol. The van der Waals surface area contributed by atoms with Gasteiger partial charge in [-0.05, 0) is 6.54 Å². The van der Waals surface area contributed by atoms with Crippen LogP contribution in [0.1, 0.15) is 5.82 Å². The Kier molecular flexibility index (Phi) is 7.11. The highest BCUT2D eigenvalue weighted by Gasteiger charge is 1.96. The predicted molar refractivity (Wildman–Crippen MR) is 50.1 cm³/mol. The first-order valence-electron chi connectivity index (χ1n) is 3.21. The second-order valence-electron chi connectivity index (χ2n) is 2.09. The lowest BCUT2D eigenvalue weighted by Gasteiger charge is -1.96. The quantitative estimate of drug-likeness (QED) is 0.553. The summed E-state index contributed by atoms with van der Waals surface area (Å²) in [7, 11) is 0. The fraction of sp³-hybridized carbons (Fsp3) is 0.333. The predicted octanol–water partition coefficient (Wildman–Crippen LogP) is -1.43. The molecule has 76 valence electrons. The van der Waals surface area contributed by atoms with Gasteiger partial charge >= 0.3 is 0 Å². The van der Waals surface area contributed by atoms with Crippen LogP contribution in [0, 0.1) is 0 Å². The van der Waals surface area contributed by atoms with Gasteiger partial charge in [-0.1, -0.05) is 0 Å². The Balaban J connectivity index is 0. The van der Waals surface area contributed by atoms with Crippen LogP contribution in [-0.2, 0) is 6.42 Å². The summed E-state index contributed by atoms with van der Waals surface area (Å²) >= 11 is 0. The summed E-state index contributed by atoms with van der Waals surface area (Å²) in [6.07, 6.45) is 0.462. The molecule has 0 aliphatic heterocycles. The first-order chi connectivity index (χ1) is 5.22. The average Bonchev–Trinajstić information content (AvgIpc) is 1.85. The lowest BCUT2D eigenvalue weighted by atomic mass is 10.4. The van der Waals surface area contributed by atoms with Crippen LogP contribution in [0.2, 0.25) is 0 Å². The van der Waals surface area contributed by atoms with Crippen molar-refractivity contribution in [3.05, 3.63) is 22.2 Å². The molecule has 1 rings (SSSR count). The Hall–Kier alpha value is -1.11. The summed E-state index contributed by atoms with van der Waals surface area (Å²) < 4.78 is 0. The molecule has 0 aliphatic rings. The SMILES string of the molecule is Cl.NCCc1nc(O)cc(=O)[nH]1.O. The van der Waals surface area contributed by atoms with Crippen molar-refractivity contribution in [3.63, 3.8) is 0 Å². The van der Waals surface area contributed by atoms with Crippen LogP contribution >= 0.6 is 12.4 Å². The third-order valence-corrected chi connectivity index (χ3v) is 1.16. The average molecular weight is 210 g/mol. The molecule has 6 N–H and O–H groups in total. The molecule has 0 aromatic carbocycles. The first kappa shape index (κ1) is 14.4. The van der Waals surface area contributed by atoms with Crippen molar-refractivity contribution >= 4 is 12.4 Å². The maximum absolute atomic E-state index is 10.7. The molecule has 1 heterocycles. The second-order valence-corrected chi connectivity index (χ2v) is 2.09. The zero-order valence-electron chi connectivity index (χ0n) is 6.78. The summed E-state index contributed by atoms with van der Waals surface area (Å²) in [5.74, 6) is 0.148. The Labute approximate surface area is 80.5 Å². The van der Waals surface area contributed by atoms with Gasteiger partial charge in [-0.15, -0.1) is 12.4 Å². The number of rotatable bonds is 2. The zero-order chi connectivity index (χ0) is 8.27. The fourth-order valence-corrected chi connectivity index (χ4v) is 0.749. The van der Waals surface area contributed by atoms with E-state index in [1.807, 2.05) is 0 Å². The zero-order valence-corrected chi connectivity index (χ0v) is 7.60. The van der Waals surface area contributed by atoms with Crippen molar-refractivity contribution in [2.45, 2.75) is 6.42 Å². The Morgan fingerprint density at radius 2 is 2.23 bits per heavy atom. The van der Waals surface area contributed by atoms with Crippen molar-refractivity contribution in [2.75, 3.05) is 6.54 Å². The molecule has 13 heavy (non-hydrogen) atoms. The minimum atomic E-state index is -0.360. The fourth-order valence-electron chi connectivity index (χ4n) is 0.749. The van der Waals surface area contributed by atoms with Crippen molar-refractivity contribution in [1.82, 2.24) is 9.97 Å². The Morgan fingerprint density at radius 1 is 1.62 bits per heavy atom. The van der Waals surface area contributed by atoms with Gasteiger partial charge < -0.3 is 21.3 Å². The molecule has 0 unspecified atom stereocenters. The van der Waals surface area contributed by atoms with Gasteiger partial charge in [-0.3, -0.25) is 4.79 Å². The molecule has 0 spiro atoms. The van der Waals surface area contributed by atoms with E-state index in [-0.39, 0.29) is 29.3 Å². The lowest BCUT2D eigenvalue weighted by Crippen LogP contribution is -2.13. The van der Waals surface area contributed by atoms with Gasteiger partial charge in [0.25, 0.3) is 5.56 Å². The van der Waals surface area contributed by atoms with E-state index in [4.69, 9.17) is 10.8 Å². The summed E-state index contributed by atoms with van der Waals surface area (Å²) in [5, 5.41) is 8.85. The highest BCUT2D eigenvalue weighted by molar-refractivity contribution is 5.85. The summed E-state index contributed by atoms with van der Waals surface area (Å²) in [4.78, 5) is 16.8. The first-order valence-corrected chi connectivity index (χ1v) is 3.21. The van der Waals surface area contributed by atoms with Gasteiger partial charge in [0.1, 0.15) is 5.82 Å². The standard InChI is InChI=1S/C6H9N3O2.ClH.H2O/c7-2-1-4-8-5(10)3-6(11)9-4;;/h3H,1-2,7H2,(H2,8,9,10,11);1H;1H2. The number of nitrogens with one attached hydrogen (secondary N) is 1. The summed E-state index contributed by atoms with van der Waals surface area (Å²) in [5.41, 5.74) is 4.86. The number of nitrogens with zero attached hydrogens (tertiary/aromatic N) is 1.